The summed E-state index contributed by atoms with van der Waals surface area (Å²) in [6, 6.07) is 7.78. The molecule has 3 heterocycles. The van der Waals surface area contributed by atoms with Crippen LogP contribution < -0.4 is 14.9 Å². The molecule has 0 amide bonds. The number of fused-ring (bicyclic) bond motifs is 1. The summed E-state index contributed by atoms with van der Waals surface area (Å²) in [7, 11) is 1.38. The lowest BCUT2D eigenvalue weighted by Crippen LogP contribution is -2.61. The molecule has 5 rings (SSSR count). The maximum atomic E-state index is 12.8. The fraction of sp³-hybridized carbons (Fsp3) is 0.464. The first kappa shape index (κ1) is 30.9. The average molecular weight is 609 g/mol. The van der Waals surface area contributed by atoms with Gasteiger partial charge in [-0.05, 0) is 25.1 Å². The number of aromatic hydroxyl groups is 2. The van der Waals surface area contributed by atoms with Crippen LogP contribution in [0.2, 0.25) is 0 Å². The Kier molecular flexibility index (Phi) is 8.80. The SMILES string of the molecule is COc1ccc(-c2cc(=O)c3c(O)cc(O[C@H]4O[C@H](CO[C@H]5O[C@H](C)[C@@H](O)[C@H](O)[C@H]5O)[C@@H](O)[C@H](O)[C@H]4O)cc3o2)cc1O. The molecule has 15 nitrogen and oxygen atoms in total. The van der Waals surface area contributed by atoms with Crippen LogP contribution in [0.3, 0.4) is 0 Å². The topological polar surface area (TPSA) is 238 Å². The Bertz CT molecular complexity index is 1510. The van der Waals surface area contributed by atoms with Gasteiger partial charge in [-0.15, -0.1) is 0 Å². The third-order valence-electron chi connectivity index (χ3n) is 7.40. The van der Waals surface area contributed by atoms with Crippen molar-refractivity contribution in [3.05, 3.63) is 46.6 Å². The lowest BCUT2D eigenvalue weighted by atomic mass is 9.98. The van der Waals surface area contributed by atoms with Gasteiger partial charge in [0.05, 0.1) is 19.8 Å². The molecule has 0 saturated carbocycles. The van der Waals surface area contributed by atoms with Crippen molar-refractivity contribution in [1.82, 2.24) is 0 Å². The molecular weight excluding hydrogens is 576 g/mol. The van der Waals surface area contributed by atoms with Crippen LogP contribution in [-0.4, -0.2) is 116 Å². The normalized spacial score (nSPS) is 32.9. The summed E-state index contributed by atoms with van der Waals surface area (Å²) in [5.74, 6) is -0.605. The minimum absolute atomic E-state index is 0.0517. The van der Waals surface area contributed by atoms with E-state index in [1.165, 1.54) is 32.2 Å². The molecule has 1 aromatic heterocycles. The van der Waals surface area contributed by atoms with E-state index in [1.807, 2.05) is 0 Å². The third-order valence-corrected chi connectivity index (χ3v) is 7.40. The van der Waals surface area contributed by atoms with Crippen molar-refractivity contribution in [3.63, 3.8) is 0 Å². The van der Waals surface area contributed by atoms with Crippen LogP contribution in [0.25, 0.3) is 22.3 Å². The predicted molar refractivity (Wildman–Crippen MR) is 143 cm³/mol. The van der Waals surface area contributed by atoms with Crippen LogP contribution >= 0.6 is 0 Å². The van der Waals surface area contributed by atoms with E-state index in [4.69, 9.17) is 28.1 Å². The van der Waals surface area contributed by atoms with Crippen molar-refractivity contribution < 1.29 is 69.0 Å². The van der Waals surface area contributed by atoms with Gasteiger partial charge in [-0.3, -0.25) is 4.79 Å². The third kappa shape index (κ3) is 5.99. The highest BCUT2D eigenvalue weighted by Crippen LogP contribution is 2.35. The molecule has 0 radical (unpaired) electrons. The summed E-state index contributed by atoms with van der Waals surface area (Å²) in [4.78, 5) is 12.8. The standard InChI is InChI=1S/C28H32O15/c1-10-21(32)23(34)25(36)27(40-10)39-9-19-22(33)24(35)26(37)28(43-19)41-12-6-14(30)20-15(31)8-17(42-18(20)7-12)11-3-4-16(38-2)13(29)5-11/h3-8,10,19,21-30,32-37H,9H2,1-2H3/t10-,19-,21-,22-,23+,24+,25-,26-,27+,28+/m1/s1. The van der Waals surface area contributed by atoms with Crippen LogP contribution in [0, 0.1) is 0 Å². The van der Waals surface area contributed by atoms with E-state index >= 15 is 0 Å². The number of hydrogen-bond donors (Lipinski definition) is 8. The van der Waals surface area contributed by atoms with Crippen molar-refractivity contribution in [1.29, 1.82) is 0 Å². The van der Waals surface area contributed by atoms with Gasteiger partial charge in [0.15, 0.2) is 23.2 Å². The van der Waals surface area contributed by atoms with Gasteiger partial charge >= 0.3 is 0 Å². The summed E-state index contributed by atoms with van der Waals surface area (Å²) < 4.78 is 32.9. The number of aliphatic hydroxyl groups excluding tert-OH is 6. The van der Waals surface area contributed by atoms with Gasteiger partial charge in [-0.25, -0.2) is 0 Å². The predicted octanol–water partition coefficient (Wildman–Crippen LogP) is -1.09. The molecule has 10 atom stereocenters. The van der Waals surface area contributed by atoms with E-state index in [0.717, 1.165) is 12.1 Å². The second kappa shape index (κ2) is 12.2. The summed E-state index contributed by atoms with van der Waals surface area (Å²) in [5.41, 5.74) is -0.381. The van der Waals surface area contributed by atoms with Gasteiger partial charge in [0.2, 0.25) is 6.29 Å². The largest absolute Gasteiger partial charge is 0.507 e. The van der Waals surface area contributed by atoms with Crippen molar-refractivity contribution >= 4 is 11.0 Å². The Morgan fingerprint density at radius 2 is 1.49 bits per heavy atom. The van der Waals surface area contributed by atoms with Crippen LogP contribution in [0.5, 0.6) is 23.0 Å². The second-order valence-electron chi connectivity index (χ2n) is 10.3. The van der Waals surface area contributed by atoms with Gasteiger partial charge in [0.1, 0.15) is 71.0 Å². The molecule has 2 fully saturated rings. The number of rotatable bonds is 7. The molecule has 15 heteroatoms. The molecule has 0 unspecified atom stereocenters. The molecule has 2 aliphatic rings. The number of benzene rings is 2. The van der Waals surface area contributed by atoms with E-state index < -0.39 is 79.2 Å². The number of ether oxygens (including phenoxy) is 5. The number of phenolic OH excluding ortho intramolecular Hbond substituents is 2. The molecule has 2 aliphatic heterocycles. The lowest BCUT2D eigenvalue weighted by molar-refractivity contribution is -0.318. The van der Waals surface area contributed by atoms with Crippen molar-refractivity contribution in [3.8, 4) is 34.3 Å². The average Bonchev–Trinajstić information content (AvgIpc) is 2.97. The van der Waals surface area contributed by atoms with Crippen LogP contribution in [0.4, 0.5) is 0 Å². The summed E-state index contributed by atoms with van der Waals surface area (Å²) in [5, 5.41) is 82.0. The molecule has 2 aromatic carbocycles. The highest BCUT2D eigenvalue weighted by atomic mass is 16.7. The monoisotopic (exact) mass is 608 g/mol. The second-order valence-corrected chi connectivity index (χ2v) is 10.3. The molecule has 2 saturated heterocycles. The van der Waals surface area contributed by atoms with Gasteiger partial charge in [0.25, 0.3) is 0 Å². The number of aliphatic hydroxyl groups is 6. The quantitative estimate of drug-likeness (QED) is 0.159. The van der Waals surface area contributed by atoms with Crippen LogP contribution in [0.15, 0.2) is 45.6 Å². The maximum Gasteiger partial charge on any atom is 0.229 e. The fourth-order valence-electron chi connectivity index (χ4n) is 4.92. The first-order valence-electron chi connectivity index (χ1n) is 13.3. The molecule has 0 bridgehead atoms. The van der Waals surface area contributed by atoms with E-state index in [-0.39, 0.29) is 34.0 Å². The molecule has 0 spiro atoms. The highest BCUT2D eigenvalue weighted by molar-refractivity contribution is 5.86. The van der Waals surface area contributed by atoms with Crippen molar-refractivity contribution in [2.45, 2.75) is 68.3 Å². The Morgan fingerprint density at radius 1 is 0.791 bits per heavy atom. The smallest absolute Gasteiger partial charge is 0.229 e. The molecule has 43 heavy (non-hydrogen) atoms. The number of hydrogen-bond acceptors (Lipinski definition) is 15. The first-order valence-corrected chi connectivity index (χ1v) is 13.3. The van der Waals surface area contributed by atoms with E-state index in [9.17, 15) is 45.6 Å². The minimum Gasteiger partial charge on any atom is -0.507 e. The Labute approximate surface area is 243 Å². The van der Waals surface area contributed by atoms with E-state index in [0.29, 0.717) is 5.56 Å². The van der Waals surface area contributed by atoms with Gasteiger partial charge in [0, 0.05) is 23.8 Å². The molecule has 8 N–H and O–H groups in total. The van der Waals surface area contributed by atoms with Crippen LogP contribution in [-0.2, 0) is 14.2 Å². The molecule has 3 aromatic rings. The van der Waals surface area contributed by atoms with Gasteiger partial charge in [-0.1, -0.05) is 0 Å². The Hall–Kier alpha value is -3.51. The van der Waals surface area contributed by atoms with Gasteiger partial charge in [-0.2, -0.15) is 0 Å². The summed E-state index contributed by atoms with van der Waals surface area (Å²) >= 11 is 0. The van der Waals surface area contributed by atoms with Gasteiger partial charge < -0.3 is 69.0 Å². The summed E-state index contributed by atoms with van der Waals surface area (Å²) in [6.07, 6.45) is -15.0. The van der Waals surface area contributed by atoms with Crippen LogP contribution in [0.1, 0.15) is 6.92 Å². The number of methoxy groups -OCH3 is 1. The molecular formula is C28H32O15. The molecule has 0 aliphatic carbocycles. The zero-order valence-corrected chi connectivity index (χ0v) is 22.9. The first-order chi connectivity index (χ1) is 20.4. The zero-order valence-electron chi connectivity index (χ0n) is 22.9. The highest BCUT2D eigenvalue weighted by Gasteiger charge is 2.47. The number of phenols is 2. The zero-order chi connectivity index (χ0) is 31.2. The maximum absolute atomic E-state index is 12.8. The summed E-state index contributed by atoms with van der Waals surface area (Å²) in [6.45, 7) is 0.953. The van der Waals surface area contributed by atoms with Crippen molar-refractivity contribution in [2.75, 3.05) is 13.7 Å². The lowest BCUT2D eigenvalue weighted by Gasteiger charge is -2.42. The Morgan fingerprint density at radius 3 is 2.19 bits per heavy atom. The minimum atomic E-state index is -1.78. The van der Waals surface area contributed by atoms with E-state index in [2.05, 4.69) is 0 Å². The molecule has 234 valence electrons. The van der Waals surface area contributed by atoms with Crippen molar-refractivity contribution in [2.24, 2.45) is 0 Å². The van der Waals surface area contributed by atoms with E-state index in [1.54, 1.807) is 6.07 Å². The fourth-order valence-corrected chi connectivity index (χ4v) is 4.92. The Balaban J connectivity index is 1.36.